The zero-order chi connectivity index (χ0) is 15.2. The van der Waals surface area contributed by atoms with E-state index < -0.39 is 0 Å². The lowest BCUT2D eigenvalue weighted by molar-refractivity contribution is 0.0870. The third kappa shape index (κ3) is 4.19. The van der Waals surface area contributed by atoms with E-state index >= 15 is 0 Å². The molecule has 1 saturated heterocycles. The lowest BCUT2D eigenvalue weighted by Crippen LogP contribution is -2.53. The molecule has 2 unspecified atom stereocenters. The Morgan fingerprint density at radius 1 is 1.38 bits per heavy atom. The summed E-state index contributed by atoms with van der Waals surface area (Å²) in [5.74, 6) is 0.361. The van der Waals surface area contributed by atoms with Crippen molar-refractivity contribution in [2.75, 3.05) is 39.3 Å². The fourth-order valence-electron chi connectivity index (χ4n) is 3.18. The molecule has 1 fully saturated rings. The van der Waals surface area contributed by atoms with Crippen LogP contribution in [0.2, 0.25) is 0 Å². The highest BCUT2D eigenvalue weighted by molar-refractivity contribution is 5.30. The number of nitrogens with zero attached hydrogens (tertiary/aromatic N) is 2. The normalized spacial score (nSPS) is 21.6. The van der Waals surface area contributed by atoms with Gasteiger partial charge in [-0.25, -0.2) is 0 Å². The second-order valence-electron chi connectivity index (χ2n) is 5.89. The number of likely N-dealkylation sites (N-methyl/N-ethyl adjacent to an activating group) is 1. The van der Waals surface area contributed by atoms with Crippen LogP contribution in [0.1, 0.15) is 32.4 Å². The Labute approximate surface area is 128 Å². The second kappa shape index (κ2) is 7.78. The van der Waals surface area contributed by atoms with E-state index in [1.807, 2.05) is 12.1 Å². The third-order valence-electron chi connectivity index (χ3n) is 4.53. The first kappa shape index (κ1) is 16.3. The molecule has 0 aliphatic carbocycles. The van der Waals surface area contributed by atoms with Crippen molar-refractivity contribution in [3.63, 3.8) is 0 Å². The standard InChI is InChI=1S/C17H29N3O/c1-4-19(5-2)13-17(15-7-6-8-16(21)11-15)20-10-9-18-12-14(20)3/h6-8,11,14,17-18,21H,4-5,9-10,12-13H2,1-3H3. The Kier molecular flexibility index (Phi) is 6.03. The highest BCUT2D eigenvalue weighted by Gasteiger charge is 2.28. The summed E-state index contributed by atoms with van der Waals surface area (Å²) in [6.07, 6.45) is 0. The third-order valence-corrected chi connectivity index (χ3v) is 4.53. The number of hydrogen-bond donors (Lipinski definition) is 2. The van der Waals surface area contributed by atoms with Crippen LogP contribution in [0.25, 0.3) is 0 Å². The van der Waals surface area contributed by atoms with Crippen LogP contribution in [0, 0.1) is 0 Å². The van der Waals surface area contributed by atoms with E-state index in [1.54, 1.807) is 6.07 Å². The van der Waals surface area contributed by atoms with Gasteiger partial charge in [0, 0.05) is 38.3 Å². The molecule has 1 aromatic carbocycles. The molecule has 0 spiro atoms. The first-order valence-corrected chi connectivity index (χ1v) is 8.13. The van der Waals surface area contributed by atoms with Gasteiger partial charge in [-0.1, -0.05) is 26.0 Å². The molecule has 0 saturated carbocycles. The Bertz CT molecular complexity index is 434. The lowest BCUT2D eigenvalue weighted by atomic mass is 10.0. The average Bonchev–Trinajstić information content (AvgIpc) is 2.50. The smallest absolute Gasteiger partial charge is 0.115 e. The minimum atomic E-state index is 0.342. The summed E-state index contributed by atoms with van der Waals surface area (Å²) >= 11 is 0. The van der Waals surface area contributed by atoms with Crippen LogP contribution in [0.15, 0.2) is 24.3 Å². The van der Waals surface area contributed by atoms with Crippen molar-refractivity contribution >= 4 is 0 Å². The van der Waals surface area contributed by atoms with Gasteiger partial charge in [-0.3, -0.25) is 4.90 Å². The molecule has 0 bridgehead atoms. The van der Waals surface area contributed by atoms with Crippen molar-refractivity contribution in [1.29, 1.82) is 0 Å². The van der Waals surface area contributed by atoms with Crippen LogP contribution in [0.5, 0.6) is 5.75 Å². The molecule has 1 aliphatic rings. The summed E-state index contributed by atoms with van der Waals surface area (Å²) in [7, 11) is 0. The largest absolute Gasteiger partial charge is 0.508 e. The van der Waals surface area contributed by atoms with Gasteiger partial charge in [0.15, 0.2) is 0 Å². The first-order valence-electron chi connectivity index (χ1n) is 8.13. The molecule has 2 rings (SSSR count). The van der Waals surface area contributed by atoms with Crippen molar-refractivity contribution in [3.05, 3.63) is 29.8 Å². The molecule has 2 atom stereocenters. The molecule has 4 nitrogen and oxygen atoms in total. The van der Waals surface area contributed by atoms with Gasteiger partial charge >= 0.3 is 0 Å². The maximum atomic E-state index is 9.83. The van der Waals surface area contributed by atoms with E-state index in [0.717, 1.165) is 39.3 Å². The van der Waals surface area contributed by atoms with Crippen molar-refractivity contribution in [3.8, 4) is 5.75 Å². The van der Waals surface area contributed by atoms with E-state index in [9.17, 15) is 5.11 Å². The molecule has 1 heterocycles. The SMILES string of the molecule is CCN(CC)CC(c1cccc(O)c1)N1CCNCC1C. The van der Waals surface area contributed by atoms with Crippen LogP contribution in [0.4, 0.5) is 0 Å². The van der Waals surface area contributed by atoms with E-state index in [1.165, 1.54) is 5.56 Å². The van der Waals surface area contributed by atoms with Crippen molar-refractivity contribution in [2.45, 2.75) is 32.9 Å². The van der Waals surface area contributed by atoms with Gasteiger partial charge < -0.3 is 15.3 Å². The molecule has 4 heteroatoms. The van der Waals surface area contributed by atoms with Crippen molar-refractivity contribution in [1.82, 2.24) is 15.1 Å². The number of nitrogens with one attached hydrogen (secondary N) is 1. The van der Waals surface area contributed by atoms with Gasteiger partial charge in [-0.15, -0.1) is 0 Å². The van der Waals surface area contributed by atoms with E-state index in [0.29, 0.717) is 17.8 Å². The summed E-state index contributed by atoms with van der Waals surface area (Å²) in [5, 5.41) is 13.3. The fourth-order valence-corrected chi connectivity index (χ4v) is 3.18. The number of aromatic hydroxyl groups is 1. The predicted molar refractivity (Wildman–Crippen MR) is 87.7 cm³/mol. The van der Waals surface area contributed by atoms with Crippen LogP contribution in [0.3, 0.4) is 0 Å². The van der Waals surface area contributed by atoms with Gasteiger partial charge in [-0.2, -0.15) is 0 Å². The zero-order valence-corrected chi connectivity index (χ0v) is 13.5. The monoisotopic (exact) mass is 291 g/mol. The Morgan fingerprint density at radius 2 is 2.14 bits per heavy atom. The second-order valence-corrected chi connectivity index (χ2v) is 5.89. The topological polar surface area (TPSA) is 38.7 Å². The van der Waals surface area contributed by atoms with Gasteiger partial charge in [0.05, 0.1) is 0 Å². The number of phenolic OH excluding ortho intramolecular Hbond substituents is 1. The van der Waals surface area contributed by atoms with Crippen LogP contribution >= 0.6 is 0 Å². The minimum Gasteiger partial charge on any atom is -0.508 e. The van der Waals surface area contributed by atoms with E-state index in [2.05, 4.69) is 42.0 Å². The number of rotatable bonds is 6. The van der Waals surface area contributed by atoms with Crippen LogP contribution in [-0.4, -0.2) is 60.2 Å². The van der Waals surface area contributed by atoms with Crippen molar-refractivity contribution < 1.29 is 5.11 Å². The Morgan fingerprint density at radius 3 is 2.76 bits per heavy atom. The molecule has 21 heavy (non-hydrogen) atoms. The summed E-state index contributed by atoms with van der Waals surface area (Å²) in [6, 6.07) is 8.62. The van der Waals surface area contributed by atoms with E-state index in [-0.39, 0.29) is 0 Å². The fraction of sp³-hybridized carbons (Fsp3) is 0.647. The van der Waals surface area contributed by atoms with Crippen LogP contribution in [-0.2, 0) is 0 Å². The molecular formula is C17H29N3O. The number of benzene rings is 1. The lowest BCUT2D eigenvalue weighted by Gasteiger charge is -2.42. The molecule has 0 aromatic heterocycles. The Balaban J connectivity index is 2.24. The Hall–Kier alpha value is -1.10. The molecule has 0 amide bonds. The molecule has 1 aromatic rings. The number of hydrogen-bond acceptors (Lipinski definition) is 4. The van der Waals surface area contributed by atoms with Gasteiger partial charge in [0.2, 0.25) is 0 Å². The molecule has 1 aliphatic heterocycles. The van der Waals surface area contributed by atoms with E-state index in [4.69, 9.17) is 0 Å². The first-order chi connectivity index (χ1) is 10.2. The highest BCUT2D eigenvalue weighted by atomic mass is 16.3. The number of piperazine rings is 1. The minimum absolute atomic E-state index is 0.342. The predicted octanol–water partition coefficient (Wildman–Crippen LogP) is 2.07. The maximum absolute atomic E-state index is 9.83. The molecule has 0 radical (unpaired) electrons. The summed E-state index contributed by atoms with van der Waals surface area (Å²) in [4.78, 5) is 5.03. The van der Waals surface area contributed by atoms with Gasteiger partial charge in [0.25, 0.3) is 0 Å². The molecular weight excluding hydrogens is 262 g/mol. The molecule has 118 valence electrons. The van der Waals surface area contributed by atoms with Crippen molar-refractivity contribution in [2.24, 2.45) is 0 Å². The van der Waals surface area contributed by atoms with Gasteiger partial charge in [0.1, 0.15) is 5.75 Å². The number of phenols is 1. The zero-order valence-electron chi connectivity index (χ0n) is 13.5. The van der Waals surface area contributed by atoms with Crippen LogP contribution < -0.4 is 5.32 Å². The average molecular weight is 291 g/mol. The quantitative estimate of drug-likeness (QED) is 0.841. The summed E-state index contributed by atoms with van der Waals surface area (Å²) < 4.78 is 0. The highest BCUT2D eigenvalue weighted by Crippen LogP contribution is 2.27. The van der Waals surface area contributed by atoms with Gasteiger partial charge in [-0.05, 0) is 37.7 Å². The molecule has 2 N–H and O–H groups in total. The summed E-state index contributed by atoms with van der Waals surface area (Å²) in [6.45, 7) is 13.0. The summed E-state index contributed by atoms with van der Waals surface area (Å²) in [5.41, 5.74) is 1.22. The maximum Gasteiger partial charge on any atom is 0.115 e.